The molecule has 2 aliphatic carbocycles. The van der Waals surface area contributed by atoms with E-state index in [1.54, 1.807) is 0 Å². The lowest BCUT2D eigenvalue weighted by Crippen LogP contribution is -1.96. The van der Waals surface area contributed by atoms with Crippen molar-refractivity contribution in [3.05, 3.63) is 95.1 Å². The van der Waals surface area contributed by atoms with E-state index >= 15 is 0 Å². The molecule has 2 aliphatic rings. The van der Waals surface area contributed by atoms with Gasteiger partial charge in [-0.15, -0.1) is 0 Å². The summed E-state index contributed by atoms with van der Waals surface area (Å²) in [5.74, 6) is 0.462. The SMILES string of the molecule is C1=CC(C2=CC=C(c3ccccc3)C2)c2ccccc21. The van der Waals surface area contributed by atoms with Crippen LogP contribution in [-0.2, 0) is 0 Å². The highest BCUT2D eigenvalue weighted by molar-refractivity contribution is 5.75. The van der Waals surface area contributed by atoms with Crippen molar-refractivity contribution in [2.75, 3.05) is 0 Å². The van der Waals surface area contributed by atoms with Gasteiger partial charge in [0.1, 0.15) is 0 Å². The molecular weight excluding hydrogens is 240 g/mol. The molecule has 0 saturated carbocycles. The van der Waals surface area contributed by atoms with E-state index in [0.29, 0.717) is 5.92 Å². The van der Waals surface area contributed by atoms with Gasteiger partial charge in [0, 0.05) is 5.92 Å². The number of rotatable bonds is 2. The average Bonchev–Trinajstić information content (AvgIpc) is 3.14. The van der Waals surface area contributed by atoms with Crippen LogP contribution in [0.1, 0.15) is 29.0 Å². The molecule has 20 heavy (non-hydrogen) atoms. The van der Waals surface area contributed by atoms with Gasteiger partial charge in [-0.2, -0.15) is 0 Å². The normalized spacial score (nSPS) is 19.7. The summed E-state index contributed by atoms with van der Waals surface area (Å²) >= 11 is 0. The smallest absolute Gasteiger partial charge is 0.0244 e. The Morgan fingerprint density at radius 1 is 0.800 bits per heavy atom. The van der Waals surface area contributed by atoms with Gasteiger partial charge in [-0.25, -0.2) is 0 Å². The standard InChI is InChI=1S/C20H16/c1-2-6-15(7-3-1)17-10-11-18(14-17)20-13-12-16-8-4-5-9-19(16)20/h1-13,20H,14H2. The van der Waals surface area contributed by atoms with Gasteiger partial charge >= 0.3 is 0 Å². The van der Waals surface area contributed by atoms with E-state index < -0.39 is 0 Å². The quantitative estimate of drug-likeness (QED) is 0.692. The lowest BCUT2D eigenvalue weighted by Gasteiger charge is -2.14. The minimum absolute atomic E-state index is 0.462. The van der Waals surface area contributed by atoms with E-state index in [-0.39, 0.29) is 0 Å². The molecule has 0 bridgehead atoms. The van der Waals surface area contributed by atoms with Crippen molar-refractivity contribution < 1.29 is 0 Å². The second-order valence-electron chi connectivity index (χ2n) is 5.44. The molecule has 0 aromatic heterocycles. The highest BCUT2D eigenvalue weighted by Gasteiger charge is 2.23. The van der Waals surface area contributed by atoms with Crippen LogP contribution in [0.15, 0.2) is 78.4 Å². The fourth-order valence-corrected chi connectivity index (χ4v) is 3.18. The molecule has 0 fully saturated rings. The lowest BCUT2D eigenvalue weighted by atomic mass is 9.90. The molecule has 4 rings (SSSR count). The number of hydrogen-bond donors (Lipinski definition) is 0. The summed E-state index contributed by atoms with van der Waals surface area (Å²) in [6.07, 6.45) is 10.2. The Hall–Kier alpha value is -2.34. The summed E-state index contributed by atoms with van der Waals surface area (Å²) < 4.78 is 0. The highest BCUT2D eigenvalue weighted by atomic mass is 14.3. The third kappa shape index (κ3) is 1.85. The molecule has 1 atom stereocenters. The molecule has 0 heterocycles. The predicted molar refractivity (Wildman–Crippen MR) is 85.3 cm³/mol. The first kappa shape index (κ1) is 11.5. The van der Waals surface area contributed by atoms with Crippen LogP contribution >= 0.6 is 0 Å². The van der Waals surface area contributed by atoms with E-state index in [2.05, 4.69) is 78.9 Å². The van der Waals surface area contributed by atoms with Crippen LogP contribution < -0.4 is 0 Å². The van der Waals surface area contributed by atoms with Gasteiger partial charge in [-0.05, 0) is 28.7 Å². The van der Waals surface area contributed by atoms with Crippen molar-refractivity contribution in [1.82, 2.24) is 0 Å². The Kier molecular flexibility index (Phi) is 2.67. The molecule has 2 aromatic carbocycles. The van der Waals surface area contributed by atoms with E-state index in [4.69, 9.17) is 0 Å². The van der Waals surface area contributed by atoms with Gasteiger partial charge in [0.15, 0.2) is 0 Å². The fourth-order valence-electron chi connectivity index (χ4n) is 3.18. The summed E-state index contributed by atoms with van der Waals surface area (Å²) in [7, 11) is 0. The van der Waals surface area contributed by atoms with Crippen LogP contribution in [0.2, 0.25) is 0 Å². The number of fused-ring (bicyclic) bond motifs is 1. The van der Waals surface area contributed by atoms with Gasteiger partial charge < -0.3 is 0 Å². The fraction of sp³-hybridized carbons (Fsp3) is 0.100. The monoisotopic (exact) mass is 256 g/mol. The molecular formula is C20H16. The maximum absolute atomic E-state index is 2.33. The lowest BCUT2D eigenvalue weighted by molar-refractivity contribution is 0.980. The number of allylic oxidation sites excluding steroid dienone is 5. The van der Waals surface area contributed by atoms with E-state index in [1.807, 2.05) is 0 Å². The molecule has 0 N–H and O–H groups in total. The van der Waals surface area contributed by atoms with Crippen LogP contribution in [0.3, 0.4) is 0 Å². The molecule has 0 saturated heterocycles. The van der Waals surface area contributed by atoms with Crippen LogP contribution in [0.4, 0.5) is 0 Å². The van der Waals surface area contributed by atoms with E-state index in [9.17, 15) is 0 Å². The summed E-state index contributed by atoms with van der Waals surface area (Å²) in [6.45, 7) is 0. The topological polar surface area (TPSA) is 0 Å². The zero-order valence-electron chi connectivity index (χ0n) is 11.3. The van der Waals surface area contributed by atoms with Crippen molar-refractivity contribution in [2.24, 2.45) is 0 Å². The van der Waals surface area contributed by atoms with Crippen LogP contribution in [0, 0.1) is 0 Å². The van der Waals surface area contributed by atoms with Gasteiger partial charge in [0.25, 0.3) is 0 Å². The summed E-state index contributed by atoms with van der Waals surface area (Å²) in [4.78, 5) is 0. The van der Waals surface area contributed by atoms with Crippen molar-refractivity contribution >= 4 is 11.6 Å². The molecule has 1 unspecified atom stereocenters. The Morgan fingerprint density at radius 2 is 1.60 bits per heavy atom. The minimum atomic E-state index is 0.462. The Morgan fingerprint density at radius 3 is 2.50 bits per heavy atom. The first-order valence-corrected chi connectivity index (χ1v) is 7.14. The van der Waals surface area contributed by atoms with Crippen molar-refractivity contribution in [3.63, 3.8) is 0 Å². The molecule has 0 amide bonds. The Bertz CT molecular complexity index is 730. The molecule has 0 nitrogen and oxygen atoms in total. The summed E-state index contributed by atoms with van der Waals surface area (Å²) in [6, 6.07) is 19.4. The third-order valence-corrected chi connectivity index (χ3v) is 4.24. The van der Waals surface area contributed by atoms with Gasteiger partial charge in [0.2, 0.25) is 0 Å². The van der Waals surface area contributed by atoms with Crippen LogP contribution in [-0.4, -0.2) is 0 Å². The first-order valence-electron chi connectivity index (χ1n) is 7.14. The minimum Gasteiger partial charge on any atom is -0.0723 e. The molecule has 0 aliphatic heterocycles. The number of hydrogen-bond acceptors (Lipinski definition) is 0. The highest BCUT2D eigenvalue weighted by Crippen LogP contribution is 2.41. The van der Waals surface area contributed by atoms with Gasteiger partial charge in [0.05, 0.1) is 0 Å². The van der Waals surface area contributed by atoms with Gasteiger partial charge in [-0.3, -0.25) is 0 Å². The second kappa shape index (κ2) is 4.64. The Labute approximate surface area is 119 Å². The summed E-state index contributed by atoms with van der Waals surface area (Å²) in [5.41, 5.74) is 7.09. The number of benzene rings is 2. The Balaban J connectivity index is 1.59. The molecule has 96 valence electrons. The van der Waals surface area contributed by atoms with Crippen LogP contribution in [0.5, 0.6) is 0 Å². The maximum Gasteiger partial charge on any atom is 0.0244 e. The third-order valence-electron chi connectivity index (χ3n) is 4.24. The molecule has 0 spiro atoms. The zero-order chi connectivity index (χ0) is 13.4. The maximum atomic E-state index is 2.33. The van der Waals surface area contributed by atoms with Gasteiger partial charge in [-0.1, -0.05) is 84.5 Å². The first-order chi connectivity index (χ1) is 9.92. The largest absolute Gasteiger partial charge is 0.0723 e. The second-order valence-corrected chi connectivity index (χ2v) is 5.44. The zero-order valence-corrected chi connectivity index (χ0v) is 11.3. The molecule has 0 radical (unpaired) electrons. The average molecular weight is 256 g/mol. The van der Waals surface area contributed by atoms with Crippen molar-refractivity contribution in [1.29, 1.82) is 0 Å². The molecule has 2 aromatic rings. The molecule has 0 heteroatoms. The van der Waals surface area contributed by atoms with Crippen molar-refractivity contribution in [3.8, 4) is 0 Å². The van der Waals surface area contributed by atoms with E-state index in [1.165, 1.54) is 27.8 Å². The van der Waals surface area contributed by atoms with Crippen molar-refractivity contribution in [2.45, 2.75) is 12.3 Å². The predicted octanol–water partition coefficient (Wildman–Crippen LogP) is 5.21. The van der Waals surface area contributed by atoms with E-state index in [0.717, 1.165) is 6.42 Å². The van der Waals surface area contributed by atoms with Crippen LogP contribution in [0.25, 0.3) is 11.6 Å². The summed E-state index contributed by atoms with van der Waals surface area (Å²) in [5, 5.41) is 0.